The van der Waals surface area contributed by atoms with E-state index in [0.717, 1.165) is 16.3 Å². The maximum absolute atomic E-state index is 13.3. The zero-order chi connectivity index (χ0) is 24.4. The number of rotatable bonds is 7. The summed E-state index contributed by atoms with van der Waals surface area (Å²) in [7, 11) is 0. The summed E-state index contributed by atoms with van der Waals surface area (Å²) in [5, 5.41) is 22.9. The minimum atomic E-state index is -1.01. The molecule has 176 valence electrons. The molecule has 0 aliphatic carbocycles. The van der Waals surface area contributed by atoms with Gasteiger partial charge in [0.05, 0.1) is 5.56 Å². The normalized spacial score (nSPS) is 16.9. The summed E-state index contributed by atoms with van der Waals surface area (Å²) < 4.78 is 12.7. The van der Waals surface area contributed by atoms with E-state index < -0.39 is 23.9 Å². The maximum Gasteiger partial charge on any atom is 0.335 e. The number of aromatic carboxylic acids is 1. The largest absolute Gasteiger partial charge is 0.490 e. The van der Waals surface area contributed by atoms with Gasteiger partial charge in [-0.25, -0.2) is 14.5 Å². The van der Waals surface area contributed by atoms with Gasteiger partial charge in [0.25, 0.3) is 5.95 Å². The highest BCUT2D eigenvalue weighted by molar-refractivity contribution is 6.04. The van der Waals surface area contributed by atoms with E-state index in [2.05, 4.69) is 20.5 Å². The first kappa shape index (κ1) is 22.2. The predicted molar refractivity (Wildman–Crippen MR) is 126 cm³/mol. The Morgan fingerprint density at radius 1 is 1.00 bits per heavy atom. The van der Waals surface area contributed by atoms with Gasteiger partial charge >= 0.3 is 11.9 Å². The summed E-state index contributed by atoms with van der Waals surface area (Å²) in [4.78, 5) is 28.7. The molecule has 0 spiro atoms. The lowest BCUT2D eigenvalue weighted by molar-refractivity contribution is -0.147. The standard InChI is InChI=1S/C25H21N5O5/c1-15-21(24(33)35-14-13-34-18-11-9-17(10-12-18)23(31)32)22(30-25(26-15)27-28-29-30)20-8-4-6-16-5-2-3-7-19(16)20/h2-12,21-22H,13-14H2,1H3,(H,31,32). The van der Waals surface area contributed by atoms with E-state index in [9.17, 15) is 9.59 Å². The van der Waals surface area contributed by atoms with Crippen molar-refractivity contribution < 1.29 is 24.2 Å². The van der Waals surface area contributed by atoms with Crippen molar-refractivity contribution in [3.63, 3.8) is 0 Å². The molecule has 1 N–H and O–H groups in total. The number of benzene rings is 3. The van der Waals surface area contributed by atoms with Crippen molar-refractivity contribution >= 4 is 34.4 Å². The number of ether oxygens (including phenoxy) is 2. The van der Waals surface area contributed by atoms with Crippen molar-refractivity contribution in [2.24, 2.45) is 10.9 Å². The van der Waals surface area contributed by atoms with Crippen LogP contribution in [0.5, 0.6) is 5.75 Å². The molecule has 0 fully saturated rings. The summed E-state index contributed by atoms with van der Waals surface area (Å²) in [5.41, 5.74) is 1.61. The van der Waals surface area contributed by atoms with Gasteiger partial charge in [-0.3, -0.25) is 4.79 Å². The van der Waals surface area contributed by atoms with Gasteiger partial charge in [0, 0.05) is 5.71 Å². The monoisotopic (exact) mass is 471 g/mol. The molecule has 10 heteroatoms. The minimum absolute atomic E-state index is 0.00795. The van der Waals surface area contributed by atoms with Gasteiger partial charge in [0.2, 0.25) is 0 Å². The zero-order valence-corrected chi connectivity index (χ0v) is 18.7. The van der Waals surface area contributed by atoms with E-state index in [1.165, 1.54) is 12.1 Å². The van der Waals surface area contributed by atoms with Crippen LogP contribution in [0, 0.1) is 5.92 Å². The fourth-order valence-corrected chi connectivity index (χ4v) is 4.24. The number of carboxylic acids is 1. The van der Waals surface area contributed by atoms with Crippen molar-refractivity contribution in [3.8, 4) is 5.75 Å². The first-order chi connectivity index (χ1) is 17.0. The molecular formula is C25H21N5O5. The molecule has 0 radical (unpaired) electrons. The average Bonchev–Trinajstić information content (AvgIpc) is 3.33. The first-order valence-corrected chi connectivity index (χ1v) is 11.0. The van der Waals surface area contributed by atoms with Gasteiger partial charge in [-0.2, -0.15) is 0 Å². The Morgan fingerprint density at radius 3 is 2.57 bits per heavy atom. The van der Waals surface area contributed by atoms with E-state index >= 15 is 0 Å². The lowest BCUT2D eigenvalue weighted by Crippen LogP contribution is -2.37. The van der Waals surface area contributed by atoms with E-state index in [-0.39, 0.29) is 18.8 Å². The minimum Gasteiger partial charge on any atom is -0.490 e. The third-order valence-electron chi connectivity index (χ3n) is 5.87. The van der Waals surface area contributed by atoms with E-state index in [1.54, 1.807) is 23.7 Å². The van der Waals surface area contributed by atoms with Gasteiger partial charge in [-0.05, 0) is 58.0 Å². The number of carbonyl (C=O) groups is 2. The van der Waals surface area contributed by atoms with Gasteiger partial charge in [-0.15, -0.1) is 0 Å². The Balaban J connectivity index is 1.35. The molecule has 2 unspecified atom stereocenters. The molecule has 0 bridgehead atoms. The molecule has 0 saturated heterocycles. The molecular weight excluding hydrogens is 450 g/mol. The van der Waals surface area contributed by atoms with Gasteiger partial charge in [-0.1, -0.05) is 47.6 Å². The van der Waals surface area contributed by atoms with Gasteiger partial charge < -0.3 is 14.6 Å². The summed E-state index contributed by atoms with van der Waals surface area (Å²) in [5.74, 6) is -1.39. The van der Waals surface area contributed by atoms with Crippen LogP contribution in [0.15, 0.2) is 71.7 Å². The predicted octanol–water partition coefficient (Wildman–Crippen LogP) is 3.46. The molecule has 35 heavy (non-hydrogen) atoms. The van der Waals surface area contributed by atoms with E-state index in [4.69, 9.17) is 14.6 Å². The number of tetrazole rings is 1. The number of hydrogen-bond donors (Lipinski definition) is 1. The molecule has 2 heterocycles. The number of aromatic nitrogens is 4. The Labute approximate surface area is 199 Å². The fraction of sp³-hybridized carbons (Fsp3) is 0.200. The molecule has 0 saturated carbocycles. The van der Waals surface area contributed by atoms with Crippen LogP contribution in [-0.4, -0.2) is 56.2 Å². The van der Waals surface area contributed by atoms with Crippen LogP contribution >= 0.6 is 0 Å². The maximum atomic E-state index is 13.3. The van der Waals surface area contributed by atoms with Crippen molar-refractivity contribution in [2.45, 2.75) is 13.0 Å². The Morgan fingerprint density at radius 2 is 1.77 bits per heavy atom. The molecule has 1 aliphatic rings. The SMILES string of the molecule is CC1=Nc2nnnn2C(c2cccc3ccccc23)C1C(=O)OCCOc1ccc(C(=O)O)cc1. The quantitative estimate of drug-likeness (QED) is 0.321. The van der Waals surface area contributed by atoms with E-state index in [0.29, 0.717) is 17.4 Å². The zero-order valence-electron chi connectivity index (χ0n) is 18.7. The number of carboxylic acid groups (broad SMARTS) is 1. The highest BCUT2D eigenvalue weighted by Gasteiger charge is 2.40. The van der Waals surface area contributed by atoms with Crippen molar-refractivity contribution in [1.82, 2.24) is 20.2 Å². The highest BCUT2D eigenvalue weighted by atomic mass is 16.6. The third kappa shape index (κ3) is 4.33. The molecule has 5 rings (SSSR count). The van der Waals surface area contributed by atoms with Crippen LogP contribution in [0.4, 0.5) is 5.95 Å². The fourth-order valence-electron chi connectivity index (χ4n) is 4.24. The Hall–Kier alpha value is -4.60. The summed E-state index contributed by atoms with van der Waals surface area (Å²) in [6, 6.07) is 19.3. The molecule has 1 aliphatic heterocycles. The third-order valence-corrected chi connectivity index (χ3v) is 5.87. The molecule has 0 amide bonds. The van der Waals surface area contributed by atoms with Gasteiger partial charge in [0.1, 0.15) is 30.9 Å². The molecule has 10 nitrogen and oxygen atoms in total. The summed E-state index contributed by atoms with van der Waals surface area (Å²) >= 11 is 0. The highest BCUT2D eigenvalue weighted by Crippen LogP contribution is 2.38. The lowest BCUT2D eigenvalue weighted by atomic mass is 9.86. The number of aliphatic imine (C=N–C) groups is 1. The number of nitrogens with zero attached hydrogens (tertiary/aromatic N) is 5. The number of fused-ring (bicyclic) bond motifs is 2. The van der Waals surface area contributed by atoms with Crippen LogP contribution < -0.4 is 4.74 Å². The number of carbonyl (C=O) groups excluding carboxylic acids is 1. The topological polar surface area (TPSA) is 129 Å². The van der Waals surface area contributed by atoms with Crippen LogP contribution in [-0.2, 0) is 9.53 Å². The summed E-state index contributed by atoms with van der Waals surface area (Å²) in [6.07, 6.45) is 0. The molecule has 1 aromatic heterocycles. The number of hydrogen-bond acceptors (Lipinski definition) is 8. The second-order valence-corrected chi connectivity index (χ2v) is 8.01. The van der Waals surface area contributed by atoms with E-state index in [1.807, 2.05) is 42.5 Å². The molecule has 3 aromatic carbocycles. The van der Waals surface area contributed by atoms with Crippen LogP contribution in [0.1, 0.15) is 28.9 Å². The smallest absolute Gasteiger partial charge is 0.335 e. The van der Waals surface area contributed by atoms with Crippen molar-refractivity contribution in [1.29, 1.82) is 0 Å². The second kappa shape index (κ2) is 9.34. The van der Waals surface area contributed by atoms with Crippen LogP contribution in [0.2, 0.25) is 0 Å². The van der Waals surface area contributed by atoms with Crippen molar-refractivity contribution in [2.75, 3.05) is 13.2 Å². The second-order valence-electron chi connectivity index (χ2n) is 8.01. The van der Waals surface area contributed by atoms with Crippen LogP contribution in [0.3, 0.4) is 0 Å². The molecule has 4 aromatic rings. The van der Waals surface area contributed by atoms with Crippen LogP contribution in [0.25, 0.3) is 10.8 Å². The number of esters is 1. The average molecular weight is 471 g/mol. The Bertz CT molecular complexity index is 1420. The molecule has 2 atom stereocenters. The first-order valence-electron chi connectivity index (χ1n) is 11.0. The summed E-state index contributed by atoms with van der Waals surface area (Å²) in [6.45, 7) is 1.88. The Kier molecular flexibility index (Phi) is 5.92. The lowest BCUT2D eigenvalue weighted by Gasteiger charge is -2.30. The van der Waals surface area contributed by atoms with Crippen molar-refractivity contribution in [3.05, 3.63) is 77.9 Å². The van der Waals surface area contributed by atoms with Gasteiger partial charge in [0.15, 0.2) is 0 Å².